The van der Waals surface area contributed by atoms with Crippen LogP contribution in [0.3, 0.4) is 0 Å². The predicted molar refractivity (Wildman–Crippen MR) is 92.0 cm³/mol. The van der Waals surface area contributed by atoms with Gasteiger partial charge in [-0.15, -0.1) is 11.3 Å². The van der Waals surface area contributed by atoms with Crippen LogP contribution in [0.2, 0.25) is 0 Å². The Labute approximate surface area is 133 Å². The van der Waals surface area contributed by atoms with Crippen LogP contribution in [0.4, 0.5) is 0 Å². The van der Waals surface area contributed by atoms with Gasteiger partial charge in [-0.1, -0.05) is 32.8 Å². The van der Waals surface area contributed by atoms with Crippen molar-refractivity contribution in [2.45, 2.75) is 64.0 Å². The third kappa shape index (κ3) is 3.88. The van der Waals surface area contributed by atoms with Crippen LogP contribution >= 0.6 is 11.3 Å². The van der Waals surface area contributed by atoms with Crippen molar-refractivity contribution in [1.82, 2.24) is 10.2 Å². The quantitative estimate of drug-likeness (QED) is 0.887. The second-order valence-electron chi connectivity index (χ2n) is 7.45. The van der Waals surface area contributed by atoms with Gasteiger partial charge in [0.05, 0.1) is 0 Å². The fourth-order valence-electron chi connectivity index (χ4n) is 4.17. The van der Waals surface area contributed by atoms with Crippen molar-refractivity contribution in [3.8, 4) is 0 Å². The lowest BCUT2D eigenvalue weighted by molar-refractivity contribution is 0.0706. The molecule has 21 heavy (non-hydrogen) atoms. The van der Waals surface area contributed by atoms with Crippen molar-refractivity contribution in [2.75, 3.05) is 19.6 Å². The lowest BCUT2D eigenvalue weighted by Gasteiger charge is -2.47. The number of piperazine rings is 1. The molecule has 1 N–H and O–H groups in total. The van der Waals surface area contributed by atoms with Crippen LogP contribution in [0.1, 0.15) is 50.8 Å². The van der Waals surface area contributed by atoms with E-state index in [2.05, 4.69) is 41.6 Å². The molecule has 1 saturated heterocycles. The first kappa shape index (κ1) is 15.5. The number of hydrogen-bond donors (Lipinski definition) is 1. The van der Waals surface area contributed by atoms with E-state index >= 15 is 0 Å². The van der Waals surface area contributed by atoms with Gasteiger partial charge in [0.15, 0.2) is 0 Å². The van der Waals surface area contributed by atoms with Gasteiger partial charge in [-0.2, -0.15) is 0 Å². The third-order valence-electron chi connectivity index (χ3n) is 5.26. The van der Waals surface area contributed by atoms with E-state index in [0.29, 0.717) is 5.54 Å². The van der Waals surface area contributed by atoms with Gasteiger partial charge in [0, 0.05) is 36.1 Å². The molecule has 1 unspecified atom stereocenters. The van der Waals surface area contributed by atoms with Gasteiger partial charge in [-0.05, 0) is 43.0 Å². The van der Waals surface area contributed by atoms with Crippen LogP contribution in [0.25, 0.3) is 0 Å². The molecular weight excluding hydrogens is 276 g/mol. The third-order valence-corrected chi connectivity index (χ3v) is 6.20. The van der Waals surface area contributed by atoms with Crippen LogP contribution in [0.5, 0.6) is 0 Å². The minimum Gasteiger partial charge on any atom is -0.308 e. The van der Waals surface area contributed by atoms with E-state index in [-0.39, 0.29) is 0 Å². The zero-order valence-electron chi connectivity index (χ0n) is 13.6. The molecule has 1 aliphatic carbocycles. The van der Waals surface area contributed by atoms with E-state index < -0.39 is 0 Å². The smallest absolute Gasteiger partial charge is 0.0309 e. The molecule has 1 aliphatic heterocycles. The topological polar surface area (TPSA) is 15.3 Å². The maximum Gasteiger partial charge on any atom is 0.0309 e. The average molecular weight is 307 g/mol. The van der Waals surface area contributed by atoms with E-state index in [4.69, 9.17) is 0 Å². The number of thiophene rings is 1. The monoisotopic (exact) mass is 306 g/mol. The van der Waals surface area contributed by atoms with Crippen LogP contribution in [-0.4, -0.2) is 36.1 Å². The van der Waals surface area contributed by atoms with E-state index in [1.807, 2.05) is 11.3 Å². The number of rotatable bonds is 5. The summed E-state index contributed by atoms with van der Waals surface area (Å²) in [5.74, 6) is 0.790. The molecule has 1 saturated carbocycles. The minimum absolute atomic E-state index is 0.447. The Hall–Kier alpha value is -0.380. The maximum atomic E-state index is 3.93. The summed E-state index contributed by atoms with van der Waals surface area (Å²) >= 11 is 1.91. The van der Waals surface area contributed by atoms with Gasteiger partial charge in [0.2, 0.25) is 0 Å². The predicted octanol–water partition coefficient (Wildman–Crippen LogP) is 3.92. The molecule has 2 aliphatic rings. The van der Waals surface area contributed by atoms with Crippen molar-refractivity contribution in [3.63, 3.8) is 0 Å². The first-order valence-corrected chi connectivity index (χ1v) is 9.56. The summed E-state index contributed by atoms with van der Waals surface area (Å²) in [6.45, 7) is 8.43. The van der Waals surface area contributed by atoms with Crippen LogP contribution in [-0.2, 0) is 6.42 Å². The second-order valence-corrected chi connectivity index (χ2v) is 8.48. The van der Waals surface area contributed by atoms with Crippen LogP contribution in [0, 0.1) is 5.92 Å². The Balaban J connectivity index is 1.63. The van der Waals surface area contributed by atoms with E-state index in [0.717, 1.165) is 12.0 Å². The molecular formula is C18H30N2S. The van der Waals surface area contributed by atoms with Crippen molar-refractivity contribution < 1.29 is 0 Å². The Morgan fingerprint density at radius 3 is 2.86 bits per heavy atom. The molecule has 0 aromatic carbocycles. The second kappa shape index (κ2) is 6.80. The van der Waals surface area contributed by atoms with E-state index in [1.165, 1.54) is 63.0 Å². The van der Waals surface area contributed by atoms with Crippen LogP contribution < -0.4 is 5.32 Å². The molecule has 0 radical (unpaired) electrons. The van der Waals surface area contributed by atoms with Gasteiger partial charge >= 0.3 is 0 Å². The summed E-state index contributed by atoms with van der Waals surface area (Å²) in [6.07, 6.45) is 8.16. The highest BCUT2D eigenvalue weighted by Crippen LogP contribution is 2.34. The molecule has 2 nitrogen and oxygen atoms in total. The summed E-state index contributed by atoms with van der Waals surface area (Å²) in [4.78, 5) is 4.35. The highest BCUT2D eigenvalue weighted by Gasteiger charge is 2.40. The molecule has 3 rings (SSSR count). The molecule has 1 aromatic rings. The Kier molecular flexibility index (Phi) is 5.03. The number of nitrogens with one attached hydrogen (secondary N) is 1. The summed E-state index contributed by atoms with van der Waals surface area (Å²) in [7, 11) is 0. The summed E-state index contributed by atoms with van der Waals surface area (Å²) in [5, 5.41) is 6.14. The van der Waals surface area contributed by atoms with E-state index in [9.17, 15) is 0 Å². The molecule has 1 spiro atoms. The molecule has 3 heteroatoms. The average Bonchev–Trinajstić information content (AvgIpc) is 3.11. The molecule has 0 bridgehead atoms. The molecule has 1 aromatic heterocycles. The first-order chi connectivity index (χ1) is 10.2. The maximum absolute atomic E-state index is 3.93. The molecule has 118 valence electrons. The molecule has 0 amide bonds. The lowest BCUT2D eigenvalue weighted by atomic mass is 9.89. The first-order valence-electron chi connectivity index (χ1n) is 8.68. The highest BCUT2D eigenvalue weighted by atomic mass is 32.1. The van der Waals surface area contributed by atoms with Crippen molar-refractivity contribution in [2.24, 2.45) is 5.92 Å². The highest BCUT2D eigenvalue weighted by molar-refractivity contribution is 7.09. The van der Waals surface area contributed by atoms with Crippen LogP contribution in [0.15, 0.2) is 17.5 Å². The fourth-order valence-corrected chi connectivity index (χ4v) is 4.87. The van der Waals surface area contributed by atoms with Crippen molar-refractivity contribution in [1.29, 1.82) is 0 Å². The van der Waals surface area contributed by atoms with Crippen molar-refractivity contribution >= 4 is 11.3 Å². The van der Waals surface area contributed by atoms with Gasteiger partial charge in [0.25, 0.3) is 0 Å². The Morgan fingerprint density at radius 1 is 1.38 bits per heavy atom. The SMILES string of the molecule is CC(C)CC1CNC2(CCCC2)CN1CCc1cccs1. The number of nitrogens with zero attached hydrogens (tertiary/aromatic N) is 1. The van der Waals surface area contributed by atoms with Gasteiger partial charge in [0.1, 0.15) is 0 Å². The zero-order chi connectivity index (χ0) is 14.7. The fraction of sp³-hybridized carbons (Fsp3) is 0.778. The van der Waals surface area contributed by atoms with Crippen molar-refractivity contribution in [3.05, 3.63) is 22.4 Å². The largest absolute Gasteiger partial charge is 0.308 e. The van der Waals surface area contributed by atoms with E-state index in [1.54, 1.807) is 0 Å². The summed E-state index contributed by atoms with van der Waals surface area (Å²) < 4.78 is 0. The molecule has 2 fully saturated rings. The molecule has 1 atom stereocenters. The normalized spacial score (nSPS) is 26.0. The van der Waals surface area contributed by atoms with Gasteiger partial charge in [-0.3, -0.25) is 4.90 Å². The lowest BCUT2D eigenvalue weighted by Crippen LogP contribution is -2.63. The summed E-state index contributed by atoms with van der Waals surface area (Å²) in [6, 6.07) is 5.20. The molecule has 2 heterocycles. The zero-order valence-corrected chi connectivity index (χ0v) is 14.4. The van der Waals surface area contributed by atoms with Gasteiger partial charge in [-0.25, -0.2) is 0 Å². The summed E-state index contributed by atoms with van der Waals surface area (Å²) in [5.41, 5.74) is 0.447. The number of hydrogen-bond acceptors (Lipinski definition) is 3. The van der Waals surface area contributed by atoms with Gasteiger partial charge < -0.3 is 5.32 Å². The minimum atomic E-state index is 0.447. The standard InChI is InChI=1S/C18H30N2S/c1-15(2)12-16-13-19-18(8-3-4-9-18)14-20(16)10-7-17-6-5-11-21-17/h5-6,11,15-16,19H,3-4,7-10,12-14H2,1-2H3. The Bertz CT molecular complexity index is 420. The Morgan fingerprint density at radius 2 is 2.19 bits per heavy atom.